The van der Waals surface area contributed by atoms with E-state index in [0.29, 0.717) is 12.2 Å². The van der Waals surface area contributed by atoms with Gasteiger partial charge in [0.25, 0.3) is 0 Å². The van der Waals surface area contributed by atoms with E-state index in [4.69, 9.17) is 5.11 Å². The number of anilines is 1. The Labute approximate surface area is 97.7 Å². The van der Waals surface area contributed by atoms with E-state index >= 15 is 0 Å². The van der Waals surface area contributed by atoms with E-state index in [9.17, 15) is 14.7 Å². The molecule has 0 aromatic heterocycles. The van der Waals surface area contributed by atoms with Gasteiger partial charge in [-0.3, -0.25) is 9.80 Å². The second-order valence-corrected chi connectivity index (χ2v) is 3.66. The standard InChI is InChI=1S/C11H12N2O4/c14-9-6-7-12(8-4-2-1-3-5-8)13(9)10(15)11(16)17/h1-5,10,15H,6-7H2,(H,16,17). The van der Waals surface area contributed by atoms with Gasteiger partial charge in [0.2, 0.25) is 12.1 Å². The molecular formula is C11H12N2O4. The molecule has 17 heavy (non-hydrogen) atoms. The number of aliphatic hydroxyl groups is 1. The van der Waals surface area contributed by atoms with E-state index in [1.165, 1.54) is 5.01 Å². The van der Waals surface area contributed by atoms with Gasteiger partial charge in [0.05, 0.1) is 5.69 Å². The highest BCUT2D eigenvalue weighted by Crippen LogP contribution is 2.23. The van der Waals surface area contributed by atoms with Crippen molar-refractivity contribution in [2.45, 2.75) is 12.6 Å². The van der Waals surface area contributed by atoms with Gasteiger partial charge in [-0.15, -0.1) is 0 Å². The number of nitrogens with zero attached hydrogens (tertiary/aromatic N) is 2. The van der Waals surface area contributed by atoms with Crippen molar-refractivity contribution < 1.29 is 19.8 Å². The average molecular weight is 236 g/mol. The molecule has 1 aromatic rings. The van der Waals surface area contributed by atoms with Crippen LogP contribution in [0.4, 0.5) is 5.69 Å². The third kappa shape index (κ3) is 2.07. The number of hydrogen-bond donors (Lipinski definition) is 2. The lowest BCUT2D eigenvalue weighted by atomic mass is 10.3. The minimum atomic E-state index is -1.84. The summed E-state index contributed by atoms with van der Waals surface area (Å²) in [6.45, 7) is 0.368. The minimum Gasteiger partial charge on any atom is -0.478 e. The number of hydrazine groups is 1. The Hall–Kier alpha value is -2.08. The molecule has 0 radical (unpaired) electrons. The van der Waals surface area contributed by atoms with Crippen molar-refractivity contribution in [3.8, 4) is 0 Å². The number of aliphatic hydroxyl groups excluding tert-OH is 1. The molecule has 1 saturated heterocycles. The normalized spacial score (nSPS) is 17.4. The molecule has 1 atom stereocenters. The number of hydrogen-bond acceptors (Lipinski definition) is 4. The summed E-state index contributed by atoms with van der Waals surface area (Å²) >= 11 is 0. The number of benzene rings is 1. The van der Waals surface area contributed by atoms with Crippen LogP contribution in [0.2, 0.25) is 0 Å². The van der Waals surface area contributed by atoms with Gasteiger partial charge in [-0.05, 0) is 12.1 Å². The van der Waals surface area contributed by atoms with Crippen molar-refractivity contribution >= 4 is 17.6 Å². The molecule has 2 N–H and O–H groups in total. The van der Waals surface area contributed by atoms with Crippen LogP contribution in [0.3, 0.4) is 0 Å². The van der Waals surface area contributed by atoms with Crippen LogP contribution in [0.1, 0.15) is 6.42 Å². The maximum absolute atomic E-state index is 11.6. The summed E-state index contributed by atoms with van der Waals surface area (Å²) in [6, 6.07) is 8.88. The summed E-state index contributed by atoms with van der Waals surface area (Å²) in [5, 5.41) is 20.6. The fraction of sp³-hybridized carbons (Fsp3) is 0.273. The smallest absolute Gasteiger partial charge is 0.355 e. The molecule has 1 heterocycles. The molecule has 90 valence electrons. The van der Waals surface area contributed by atoms with Crippen LogP contribution in [-0.2, 0) is 9.59 Å². The molecule has 2 rings (SSSR count). The Morgan fingerprint density at radius 2 is 1.94 bits per heavy atom. The van der Waals surface area contributed by atoms with Crippen molar-refractivity contribution in [3.05, 3.63) is 30.3 Å². The fourth-order valence-electron chi connectivity index (χ4n) is 1.79. The number of rotatable bonds is 3. The number of amides is 1. The lowest BCUT2D eigenvalue weighted by molar-refractivity contribution is -0.163. The highest BCUT2D eigenvalue weighted by molar-refractivity contribution is 5.86. The monoisotopic (exact) mass is 236 g/mol. The highest BCUT2D eigenvalue weighted by Gasteiger charge is 2.37. The van der Waals surface area contributed by atoms with Crippen LogP contribution in [0, 0.1) is 0 Å². The Morgan fingerprint density at radius 3 is 2.53 bits per heavy atom. The van der Waals surface area contributed by atoms with E-state index in [1.807, 2.05) is 6.07 Å². The van der Waals surface area contributed by atoms with Crippen LogP contribution >= 0.6 is 0 Å². The molecule has 1 unspecified atom stereocenters. The van der Waals surface area contributed by atoms with Gasteiger partial charge < -0.3 is 10.2 Å². The Bertz CT molecular complexity index is 434. The largest absolute Gasteiger partial charge is 0.478 e. The van der Waals surface area contributed by atoms with Gasteiger partial charge in [-0.1, -0.05) is 18.2 Å². The molecule has 0 saturated carbocycles. The predicted molar refractivity (Wildman–Crippen MR) is 58.9 cm³/mol. The summed E-state index contributed by atoms with van der Waals surface area (Å²) in [5.74, 6) is -1.84. The molecular weight excluding hydrogens is 224 g/mol. The number of aliphatic carboxylic acids is 1. The average Bonchev–Trinajstić information content (AvgIpc) is 2.71. The van der Waals surface area contributed by atoms with Crippen LogP contribution < -0.4 is 5.01 Å². The summed E-state index contributed by atoms with van der Waals surface area (Å²) in [7, 11) is 0. The van der Waals surface area contributed by atoms with Crippen LogP contribution in [-0.4, -0.2) is 39.9 Å². The van der Waals surface area contributed by atoms with Gasteiger partial charge in [0, 0.05) is 13.0 Å². The lowest BCUT2D eigenvalue weighted by Crippen LogP contribution is -2.50. The lowest BCUT2D eigenvalue weighted by Gasteiger charge is -2.31. The first-order valence-corrected chi connectivity index (χ1v) is 5.16. The van der Waals surface area contributed by atoms with Crippen molar-refractivity contribution in [1.29, 1.82) is 0 Å². The minimum absolute atomic E-state index is 0.194. The fourth-order valence-corrected chi connectivity index (χ4v) is 1.79. The number of carboxylic acids is 1. The molecule has 6 nitrogen and oxygen atoms in total. The van der Waals surface area contributed by atoms with E-state index < -0.39 is 18.1 Å². The molecule has 1 fully saturated rings. The van der Waals surface area contributed by atoms with E-state index in [1.54, 1.807) is 24.3 Å². The Kier molecular flexibility index (Phi) is 2.97. The zero-order valence-electron chi connectivity index (χ0n) is 8.98. The van der Waals surface area contributed by atoms with Gasteiger partial charge in [-0.2, -0.15) is 0 Å². The summed E-state index contributed by atoms with van der Waals surface area (Å²) in [6.07, 6.45) is -1.65. The maximum atomic E-state index is 11.6. The zero-order valence-corrected chi connectivity index (χ0v) is 8.98. The van der Waals surface area contributed by atoms with Gasteiger partial charge in [-0.25, -0.2) is 9.80 Å². The summed E-state index contributed by atoms with van der Waals surface area (Å²) in [5.41, 5.74) is 0.679. The van der Waals surface area contributed by atoms with Crippen LogP contribution in [0.25, 0.3) is 0 Å². The van der Waals surface area contributed by atoms with E-state index in [0.717, 1.165) is 5.01 Å². The van der Waals surface area contributed by atoms with Gasteiger partial charge in [0.15, 0.2) is 0 Å². The topological polar surface area (TPSA) is 81.1 Å². The molecule has 1 aromatic carbocycles. The molecule has 0 spiro atoms. The second-order valence-electron chi connectivity index (χ2n) is 3.66. The second kappa shape index (κ2) is 4.42. The summed E-state index contributed by atoms with van der Waals surface area (Å²) in [4.78, 5) is 22.3. The third-order valence-electron chi connectivity index (χ3n) is 2.56. The third-order valence-corrected chi connectivity index (χ3v) is 2.56. The zero-order chi connectivity index (χ0) is 12.4. The van der Waals surface area contributed by atoms with Crippen molar-refractivity contribution in [3.63, 3.8) is 0 Å². The SMILES string of the molecule is O=C(O)C(O)N1C(=O)CCN1c1ccccc1. The van der Waals surface area contributed by atoms with Crippen LogP contribution in [0.5, 0.6) is 0 Å². The van der Waals surface area contributed by atoms with Gasteiger partial charge in [0.1, 0.15) is 0 Å². The summed E-state index contributed by atoms with van der Waals surface area (Å²) < 4.78 is 0. The molecule has 0 aliphatic carbocycles. The first-order valence-electron chi connectivity index (χ1n) is 5.16. The van der Waals surface area contributed by atoms with Gasteiger partial charge >= 0.3 is 5.97 Å². The molecule has 1 aliphatic rings. The number of para-hydroxylation sites is 1. The van der Waals surface area contributed by atoms with E-state index in [-0.39, 0.29) is 6.42 Å². The Balaban J connectivity index is 2.28. The number of carboxylic acid groups (broad SMARTS) is 1. The Morgan fingerprint density at radius 1 is 1.29 bits per heavy atom. The van der Waals surface area contributed by atoms with Crippen LogP contribution in [0.15, 0.2) is 30.3 Å². The first kappa shape index (κ1) is 11.4. The maximum Gasteiger partial charge on any atom is 0.355 e. The van der Waals surface area contributed by atoms with Crippen molar-refractivity contribution in [2.75, 3.05) is 11.6 Å². The highest BCUT2D eigenvalue weighted by atomic mass is 16.4. The number of carbonyl (C=O) groups is 2. The van der Waals surface area contributed by atoms with Crippen molar-refractivity contribution in [1.82, 2.24) is 5.01 Å². The molecule has 1 amide bonds. The first-order chi connectivity index (χ1) is 8.11. The quantitative estimate of drug-likeness (QED) is 0.774. The number of carbonyl (C=O) groups excluding carboxylic acids is 1. The molecule has 0 bridgehead atoms. The van der Waals surface area contributed by atoms with E-state index in [2.05, 4.69) is 0 Å². The predicted octanol–water partition coefficient (Wildman–Crippen LogP) is 0.0433. The molecule has 1 aliphatic heterocycles. The molecule has 6 heteroatoms. The van der Waals surface area contributed by atoms with Crippen molar-refractivity contribution in [2.24, 2.45) is 0 Å².